The minimum absolute atomic E-state index is 0.211. The quantitative estimate of drug-likeness (QED) is 0.712. The van der Waals surface area contributed by atoms with Crippen molar-refractivity contribution in [1.82, 2.24) is 9.97 Å². The second-order valence-corrected chi connectivity index (χ2v) is 3.72. The minimum atomic E-state index is 0.211. The lowest BCUT2D eigenvalue weighted by molar-refractivity contribution is 0.112. The van der Waals surface area contributed by atoms with E-state index in [1.807, 2.05) is 4.90 Å². The van der Waals surface area contributed by atoms with Gasteiger partial charge in [0.25, 0.3) is 0 Å². The van der Waals surface area contributed by atoms with Gasteiger partial charge in [0, 0.05) is 38.0 Å². The molecule has 1 atom stereocenters. The van der Waals surface area contributed by atoms with Crippen molar-refractivity contribution < 1.29 is 9.90 Å². The van der Waals surface area contributed by atoms with Crippen molar-refractivity contribution in [3.8, 4) is 0 Å². The number of rotatable bonds is 3. The van der Waals surface area contributed by atoms with Crippen LogP contribution in [0, 0.1) is 5.92 Å². The average Bonchev–Trinajstić information content (AvgIpc) is 2.78. The van der Waals surface area contributed by atoms with Crippen molar-refractivity contribution >= 4 is 12.2 Å². The van der Waals surface area contributed by atoms with Crippen LogP contribution in [0.5, 0.6) is 0 Å². The van der Waals surface area contributed by atoms with E-state index in [2.05, 4.69) is 9.97 Å². The molecule has 1 aromatic rings. The molecule has 5 heteroatoms. The van der Waals surface area contributed by atoms with E-state index in [9.17, 15) is 4.79 Å². The summed E-state index contributed by atoms with van der Waals surface area (Å²) in [4.78, 5) is 20.6. The average molecular weight is 207 g/mol. The van der Waals surface area contributed by atoms with Crippen LogP contribution in [-0.4, -0.2) is 41.1 Å². The van der Waals surface area contributed by atoms with Gasteiger partial charge >= 0.3 is 0 Å². The molecule has 1 fully saturated rings. The summed E-state index contributed by atoms with van der Waals surface area (Å²) in [6.45, 7) is 1.87. The van der Waals surface area contributed by atoms with Gasteiger partial charge in [-0.2, -0.15) is 0 Å². The maximum atomic E-state index is 10.4. The molecule has 1 aliphatic heterocycles. The Morgan fingerprint density at radius 2 is 2.27 bits per heavy atom. The monoisotopic (exact) mass is 207 g/mol. The highest BCUT2D eigenvalue weighted by Crippen LogP contribution is 2.19. The summed E-state index contributed by atoms with van der Waals surface area (Å²) < 4.78 is 0. The maximum Gasteiger partial charge on any atom is 0.225 e. The zero-order valence-electron chi connectivity index (χ0n) is 8.33. The first-order chi connectivity index (χ1) is 7.33. The van der Waals surface area contributed by atoms with Gasteiger partial charge in [-0.15, -0.1) is 0 Å². The van der Waals surface area contributed by atoms with E-state index in [1.54, 1.807) is 0 Å². The van der Waals surface area contributed by atoms with E-state index in [0.717, 1.165) is 25.8 Å². The van der Waals surface area contributed by atoms with Crippen LogP contribution in [0.15, 0.2) is 12.4 Å². The van der Waals surface area contributed by atoms with E-state index in [0.29, 0.717) is 17.4 Å². The second kappa shape index (κ2) is 4.35. The number of aromatic nitrogens is 2. The highest BCUT2D eigenvalue weighted by Gasteiger charge is 2.23. The van der Waals surface area contributed by atoms with Crippen molar-refractivity contribution in [2.75, 3.05) is 24.6 Å². The Morgan fingerprint density at radius 1 is 1.53 bits per heavy atom. The molecule has 0 aromatic carbocycles. The highest BCUT2D eigenvalue weighted by molar-refractivity contribution is 5.73. The molecule has 0 amide bonds. The van der Waals surface area contributed by atoms with Gasteiger partial charge in [-0.25, -0.2) is 9.97 Å². The maximum absolute atomic E-state index is 10.4. The summed E-state index contributed by atoms with van der Waals surface area (Å²) in [5.41, 5.74) is 0.483. The fourth-order valence-corrected chi connectivity index (χ4v) is 1.72. The summed E-state index contributed by atoms with van der Waals surface area (Å²) in [7, 11) is 0. The van der Waals surface area contributed by atoms with Gasteiger partial charge in [-0.3, -0.25) is 4.79 Å². The lowest BCUT2D eigenvalue weighted by Gasteiger charge is -2.15. The molecule has 0 spiro atoms. The molecule has 1 aromatic heterocycles. The number of anilines is 1. The third-order valence-electron chi connectivity index (χ3n) is 2.62. The van der Waals surface area contributed by atoms with Crippen molar-refractivity contribution in [1.29, 1.82) is 0 Å². The van der Waals surface area contributed by atoms with Gasteiger partial charge in [-0.05, 0) is 6.42 Å². The van der Waals surface area contributed by atoms with E-state index in [1.165, 1.54) is 12.4 Å². The normalized spacial score (nSPS) is 20.6. The van der Waals surface area contributed by atoms with Crippen LogP contribution in [0.1, 0.15) is 16.8 Å². The SMILES string of the molecule is O=Cc1cnc(N2CCC(CO)C2)nc1. The molecular formula is C10H13N3O2. The molecule has 2 heterocycles. The van der Waals surface area contributed by atoms with Gasteiger partial charge < -0.3 is 10.0 Å². The molecular weight excluding hydrogens is 194 g/mol. The molecule has 80 valence electrons. The van der Waals surface area contributed by atoms with Crippen LogP contribution in [0.4, 0.5) is 5.95 Å². The predicted molar refractivity (Wildman–Crippen MR) is 54.8 cm³/mol. The number of aldehydes is 1. The lowest BCUT2D eigenvalue weighted by atomic mass is 10.1. The Hall–Kier alpha value is -1.49. The first kappa shape index (κ1) is 10.0. The third-order valence-corrected chi connectivity index (χ3v) is 2.62. The van der Waals surface area contributed by atoms with E-state index >= 15 is 0 Å². The van der Waals surface area contributed by atoms with Crippen molar-refractivity contribution in [3.05, 3.63) is 18.0 Å². The number of aliphatic hydroxyl groups is 1. The zero-order valence-corrected chi connectivity index (χ0v) is 8.33. The van der Waals surface area contributed by atoms with Crippen molar-refractivity contribution in [2.24, 2.45) is 5.92 Å². The van der Waals surface area contributed by atoms with E-state index < -0.39 is 0 Å². The number of aliphatic hydroxyl groups excluding tert-OH is 1. The topological polar surface area (TPSA) is 66.3 Å². The number of hydrogen-bond donors (Lipinski definition) is 1. The molecule has 15 heavy (non-hydrogen) atoms. The summed E-state index contributed by atoms with van der Waals surface area (Å²) in [6.07, 6.45) is 4.72. The zero-order chi connectivity index (χ0) is 10.7. The van der Waals surface area contributed by atoms with Gasteiger partial charge in [0.2, 0.25) is 5.95 Å². The smallest absolute Gasteiger partial charge is 0.225 e. The largest absolute Gasteiger partial charge is 0.396 e. The standard InChI is InChI=1S/C10H13N3O2/c14-6-8-1-2-13(5-8)10-11-3-9(7-15)4-12-10/h3-4,7-8,14H,1-2,5-6H2. The molecule has 2 rings (SSSR count). The summed E-state index contributed by atoms with van der Waals surface area (Å²) in [5.74, 6) is 0.955. The Kier molecular flexibility index (Phi) is 2.91. The third kappa shape index (κ3) is 2.12. The number of nitrogens with zero attached hydrogens (tertiary/aromatic N) is 3. The van der Waals surface area contributed by atoms with Crippen LogP contribution in [-0.2, 0) is 0 Å². The first-order valence-electron chi connectivity index (χ1n) is 4.96. The second-order valence-electron chi connectivity index (χ2n) is 3.72. The molecule has 0 bridgehead atoms. The van der Waals surface area contributed by atoms with Gasteiger partial charge in [-0.1, -0.05) is 0 Å². The molecule has 5 nitrogen and oxygen atoms in total. The Bertz CT molecular complexity index is 339. The van der Waals surface area contributed by atoms with Crippen LogP contribution in [0.25, 0.3) is 0 Å². The fourth-order valence-electron chi connectivity index (χ4n) is 1.72. The Morgan fingerprint density at radius 3 is 2.80 bits per heavy atom. The summed E-state index contributed by atoms with van der Waals surface area (Å²) in [5, 5.41) is 9.00. The molecule has 0 saturated carbocycles. The molecule has 1 unspecified atom stereocenters. The molecule has 1 N–H and O–H groups in total. The molecule has 1 saturated heterocycles. The fraction of sp³-hybridized carbons (Fsp3) is 0.500. The van der Waals surface area contributed by atoms with Crippen molar-refractivity contribution in [2.45, 2.75) is 6.42 Å². The van der Waals surface area contributed by atoms with E-state index in [-0.39, 0.29) is 6.61 Å². The van der Waals surface area contributed by atoms with Gasteiger partial charge in [0.05, 0.1) is 5.56 Å². The predicted octanol–water partition coefficient (Wildman–Crippen LogP) is 0.108. The van der Waals surface area contributed by atoms with Crippen molar-refractivity contribution in [3.63, 3.8) is 0 Å². The van der Waals surface area contributed by atoms with E-state index in [4.69, 9.17) is 5.11 Å². The Labute approximate surface area is 87.8 Å². The number of hydrogen-bond acceptors (Lipinski definition) is 5. The summed E-state index contributed by atoms with van der Waals surface area (Å²) >= 11 is 0. The van der Waals surface area contributed by atoms with Crippen LogP contribution in [0.2, 0.25) is 0 Å². The van der Waals surface area contributed by atoms with Crippen LogP contribution < -0.4 is 4.90 Å². The van der Waals surface area contributed by atoms with Gasteiger partial charge in [0.1, 0.15) is 0 Å². The first-order valence-corrected chi connectivity index (χ1v) is 4.96. The number of carbonyl (C=O) groups is 1. The molecule has 1 aliphatic rings. The lowest BCUT2D eigenvalue weighted by Crippen LogP contribution is -2.22. The molecule has 0 aliphatic carbocycles. The number of carbonyl (C=O) groups excluding carboxylic acids is 1. The summed E-state index contributed by atoms with van der Waals surface area (Å²) in [6, 6.07) is 0. The molecule has 0 radical (unpaired) electrons. The highest BCUT2D eigenvalue weighted by atomic mass is 16.3. The Balaban J connectivity index is 2.07. The minimum Gasteiger partial charge on any atom is -0.396 e. The van der Waals surface area contributed by atoms with Crippen LogP contribution in [0.3, 0.4) is 0 Å². The van der Waals surface area contributed by atoms with Crippen LogP contribution >= 0.6 is 0 Å². The van der Waals surface area contributed by atoms with Gasteiger partial charge in [0.15, 0.2) is 6.29 Å².